The highest BCUT2D eigenvalue weighted by Crippen LogP contribution is 2.41. The van der Waals surface area contributed by atoms with E-state index >= 15 is 0 Å². The highest BCUT2D eigenvalue weighted by Gasteiger charge is 2.44. The first-order valence-corrected chi connectivity index (χ1v) is 11.2. The molecule has 1 N–H and O–H groups in total. The molecule has 1 aromatic heterocycles. The fraction of sp³-hybridized carbons (Fsp3) is 0.440. The molecule has 8 heteroatoms. The Morgan fingerprint density at radius 1 is 1.12 bits per heavy atom. The highest BCUT2D eigenvalue weighted by molar-refractivity contribution is 6.15. The maximum Gasteiger partial charge on any atom is 0.290 e. The fourth-order valence-electron chi connectivity index (χ4n) is 3.81. The minimum absolute atomic E-state index is 0.0369. The van der Waals surface area contributed by atoms with Gasteiger partial charge >= 0.3 is 0 Å². The fourth-order valence-corrected chi connectivity index (χ4v) is 3.81. The summed E-state index contributed by atoms with van der Waals surface area (Å²) in [5.41, 5.74) is 0.577. The largest absolute Gasteiger partial charge is 0.503 e. The van der Waals surface area contributed by atoms with Gasteiger partial charge in [0.2, 0.25) is 5.78 Å². The van der Waals surface area contributed by atoms with Gasteiger partial charge in [-0.15, -0.1) is 0 Å². The second-order valence-corrected chi connectivity index (χ2v) is 7.66. The Kier molecular flexibility index (Phi) is 8.54. The lowest BCUT2D eigenvalue weighted by Crippen LogP contribution is -2.34. The van der Waals surface area contributed by atoms with Crippen LogP contribution in [0.3, 0.4) is 0 Å². The van der Waals surface area contributed by atoms with Crippen LogP contribution in [-0.2, 0) is 9.53 Å². The quantitative estimate of drug-likeness (QED) is 0.350. The average Bonchev–Trinajstić information content (AvgIpc) is 3.44. The topological polar surface area (TPSA) is 98.4 Å². The number of rotatable bonds is 13. The summed E-state index contributed by atoms with van der Waals surface area (Å²) in [5.74, 6) is -0.615. The lowest BCUT2D eigenvalue weighted by atomic mass is 9.94. The Hall–Kier alpha value is -3.26. The molecule has 0 fully saturated rings. The van der Waals surface area contributed by atoms with Crippen molar-refractivity contribution in [1.82, 2.24) is 4.90 Å². The monoisotopic (exact) mass is 457 g/mol. The molecule has 178 valence electrons. The van der Waals surface area contributed by atoms with E-state index in [4.69, 9.17) is 18.6 Å². The molecule has 0 radical (unpaired) electrons. The Morgan fingerprint density at radius 3 is 2.61 bits per heavy atom. The molecule has 0 bridgehead atoms. The van der Waals surface area contributed by atoms with Crippen LogP contribution in [0, 0.1) is 0 Å². The first-order chi connectivity index (χ1) is 16.0. The molecule has 1 aliphatic rings. The second-order valence-electron chi connectivity index (χ2n) is 7.66. The van der Waals surface area contributed by atoms with Crippen molar-refractivity contribution in [2.45, 2.75) is 39.2 Å². The number of methoxy groups -OCH3 is 1. The van der Waals surface area contributed by atoms with Crippen molar-refractivity contribution >= 4 is 11.7 Å². The van der Waals surface area contributed by atoms with Crippen molar-refractivity contribution in [2.75, 3.05) is 33.5 Å². The van der Waals surface area contributed by atoms with Crippen molar-refractivity contribution < 1.29 is 33.3 Å². The number of ether oxygens (including phenoxy) is 3. The summed E-state index contributed by atoms with van der Waals surface area (Å²) in [6.07, 6.45) is 4.47. The molecule has 1 aliphatic heterocycles. The number of aliphatic hydroxyl groups excluding tert-OH is 1. The van der Waals surface area contributed by atoms with E-state index in [-0.39, 0.29) is 24.5 Å². The second kappa shape index (κ2) is 11.6. The highest BCUT2D eigenvalue weighted by atomic mass is 16.5. The van der Waals surface area contributed by atoms with Crippen LogP contribution in [0.25, 0.3) is 0 Å². The van der Waals surface area contributed by atoms with E-state index in [1.165, 1.54) is 24.3 Å². The number of unbranched alkanes of at least 4 members (excludes halogenated alkanes) is 2. The third kappa shape index (κ3) is 5.39. The molecule has 2 aromatic rings. The Balaban J connectivity index is 2.00. The number of carbonyl (C=O) groups is 2. The summed E-state index contributed by atoms with van der Waals surface area (Å²) >= 11 is 0. The van der Waals surface area contributed by atoms with Gasteiger partial charge in [0.15, 0.2) is 23.0 Å². The molecule has 2 heterocycles. The summed E-state index contributed by atoms with van der Waals surface area (Å²) in [7, 11) is 1.52. The summed E-state index contributed by atoms with van der Waals surface area (Å²) in [4.78, 5) is 27.5. The van der Waals surface area contributed by atoms with Gasteiger partial charge in [-0.25, -0.2) is 0 Å². The number of aliphatic hydroxyl groups is 1. The molecular formula is C25H31NO7. The SMILES string of the molecule is CCCCCOc1ccc(C2C(C(=O)c3ccco3)=C(O)C(=O)N2CCOC)cc1OCC. The average molecular weight is 458 g/mol. The zero-order valence-corrected chi connectivity index (χ0v) is 19.3. The van der Waals surface area contributed by atoms with Crippen LogP contribution in [-0.4, -0.2) is 55.2 Å². The third-order valence-electron chi connectivity index (χ3n) is 5.42. The minimum atomic E-state index is -0.821. The van der Waals surface area contributed by atoms with Gasteiger partial charge in [-0.3, -0.25) is 9.59 Å². The Labute approximate surface area is 193 Å². The molecule has 1 atom stereocenters. The third-order valence-corrected chi connectivity index (χ3v) is 5.42. The molecule has 3 rings (SSSR count). The zero-order valence-electron chi connectivity index (χ0n) is 19.3. The number of hydrogen-bond acceptors (Lipinski definition) is 7. The van der Waals surface area contributed by atoms with Crippen LogP contribution in [0.2, 0.25) is 0 Å². The molecule has 1 unspecified atom stereocenters. The van der Waals surface area contributed by atoms with Crippen LogP contribution in [0.5, 0.6) is 11.5 Å². The summed E-state index contributed by atoms with van der Waals surface area (Å²) in [5, 5.41) is 10.7. The Morgan fingerprint density at radius 2 is 1.94 bits per heavy atom. The van der Waals surface area contributed by atoms with E-state index in [0.717, 1.165) is 19.3 Å². The van der Waals surface area contributed by atoms with Crippen molar-refractivity contribution in [3.63, 3.8) is 0 Å². The van der Waals surface area contributed by atoms with E-state index in [1.807, 2.05) is 6.92 Å². The van der Waals surface area contributed by atoms with Gasteiger partial charge in [0.1, 0.15) is 0 Å². The standard InChI is InChI=1S/C25H31NO7/c1-4-6-7-13-32-18-11-10-17(16-20(18)31-5-2)22-21(23(27)19-9-8-14-33-19)24(28)25(29)26(22)12-15-30-3/h8-11,14,16,22,28H,4-7,12-13,15H2,1-3H3. The summed E-state index contributed by atoms with van der Waals surface area (Å²) < 4.78 is 22.1. The normalized spacial score (nSPS) is 15.9. The zero-order chi connectivity index (χ0) is 23.8. The lowest BCUT2D eigenvalue weighted by molar-refractivity contribution is -0.130. The molecule has 33 heavy (non-hydrogen) atoms. The van der Waals surface area contributed by atoms with Crippen LogP contribution in [0.4, 0.5) is 0 Å². The Bertz CT molecular complexity index is 981. The maximum absolute atomic E-state index is 13.2. The number of benzene rings is 1. The van der Waals surface area contributed by atoms with E-state index in [9.17, 15) is 14.7 Å². The van der Waals surface area contributed by atoms with Gasteiger partial charge in [-0.1, -0.05) is 25.8 Å². The lowest BCUT2D eigenvalue weighted by Gasteiger charge is -2.27. The summed E-state index contributed by atoms with van der Waals surface area (Å²) in [6, 6.07) is 7.57. The molecule has 1 aromatic carbocycles. The van der Waals surface area contributed by atoms with Crippen LogP contribution < -0.4 is 9.47 Å². The van der Waals surface area contributed by atoms with Gasteiger partial charge in [0, 0.05) is 13.7 Å². The van der Waals surface area contributed by atoms with Crippen LogP contribution >= 0.6 is 0 Å². The van der Waals surface area contributed by atoms with Crippen molar-refractivity contribution in [1.29, 1.82) is 0 Å². The predicted octanol–water partition coefficient (Wildman–Crippen LogP) is 4.47. The smallest absolute Gasteiger partial charge is 0.290 e. The van der Waals surface area contributed by atoms with Gasteiger partial charge in [-0.2, -0.15) is 0 Å². The van der Waals surface area contributed by atoms with Crippen molar-refractivity contribution in [2.24, 2.45) is 0 Å². The van der Waals surface area contributed by atoms with Gasteiger partial charge in [0.05, 0.1) is 37.7 Å². The predicted molar refractivity (Wildman–Crippen MR) is 122 cm³/mol. The molecule has 0 saturated heterocycles. The maximum atomic E-state index is 13.2. The molecule has 0 aliphatic carbocycles. The number of nitrogens with zero attached hydrogens (tertiary/aromatic N) is 1. The molecule has 0 saturated carbocycles. The van der Waals surface area contributed by atoms with E-state index in [1.54, 1.807) is 24.3 Å². The van der Waals surface area contributed by atoms with Crippen molar-refractivity contribution in [3.05, 3.63) is 59.3 Å². The minimum Gasteiger partial charge on any atom is -0.503 e. The molecular weight excluding hydrogens is 426 g/mol. The summed E-state index contributed by atoms with van der Waals surface area (Å²) in [6.45, 7) is 5.42. The number of hydrogen-bond donors (Lipinski definition) is 1. The molecule has 0 spiro atoms. The number of amides is 1. The number of ketones is 1. The number of Topliss-reactive ketones (excluding diaryl/α,β-unsaturated/α-hetero) is 1. The van der Waals surface area contributed by atoms with Gasteiger partial charge in [-0.05, 0) is 43.2 Å². The van der Waals surface area contributed by atoms with Gasteiger partial charge < -0.3 is 28.6 Å². The van der Waals surface area contributed by atoms with E-state index in [0.29, 0.717) is 30.3 Å². The first-order valence-electron chi connectivity index (χ1n) is 11.2. The van der Waals surface area contributed by atoms with Crippen molar-refractivity contribution in [3.8, 4) is 11.5 Å². The van der Waals surface area contributed by atoms with E-state index < -0.39 is 23.5 Å². The van der Waals surface area contributed by atoms with Crippen LogP contribution in [0.15, 0.2) is 52.3 Å². The number of furan rings is 1. The van der Waals surface area contributed by atoms with Crippen LogP contribution in [0.1, 0.15) is 55.3 Å². The first kappa shape index (κ1) is 24.4. The molecule has 1 amide bonds. The van der Waals surface area contributed by atoms with Gasteiger partial charge in [0.25, 0.3) is 5.91 Å². The van der Waals surface area contributed by atoms with E-state index in [2.05, 4.69) is 6.92 Å². The molecule has 8 nitrogen and oxygen atoms in total. The number of carbonyl (C=O) groups excluding carboxylic acids is 2.